The molecule has 1 aromatic carbocycles. The van der Waals surface area contributed by atoms with Crippen LogP contribution in [0, 0.1) is 19.7 Å². The third-order valence-corrected chi connectivity index (χ3v) is 5.45. The fourth-order valence-electron chi connectivity index (χ4n) is 2.95. The molecule has 1 fully saturated rings. The van der Waals surface area contributed by atoms with Crippen LogP contribution < -0.4 is 10.6 Å². The molecule has 1 heterocycles. The monoisotopic (exact) mass is 347 g/mol. The predicted octanol–water partition coefficient (Wildman–Crippen LogP) is 4.90. The van der Waals surface area contributed by atoms with Gasteiger partial charge in [-0.3, -0.25) is 4.79 Å². The number of carbonyl (C=O) groups excluding carboxylic acids is 1. The van der Waals surface area contributed by atoms with Crippen LogP contribution in [0.2, 0.25) is 0 Å². The summed E-state index contributed by atoms with van der Waals surface area (Å²) in [6.45, 7) is 3.52. The summed E-state index contributed by atoms with van der Waals surface area (Å²) in [5.74, 6) is -0.571. The Kier molecular flexibility index (Phi) is 5.14. The highest BCUT2D eigenvalue weighted by Gasteiger charge is 2.19. The van der Waals surface area contributed by atoms with Gasteiger partial charge >= 0.3 is 0 Å². The molecular formula is C18H22FN3OS. The lowest BCUT2D eigenvalue weighted by molar-refractivity contribution is 0.103. The second-order valence-electron chi connectivity index (χ2n) is 6.33. The number of carbonyl (C=O) groups is 1. The number of rotatable bonds is 4. The van der Waals surface area contributed by atoms with Gasteiger partial charge in [-0.1, -0.05) is 36.7 Å². The van der Waals surface area contributed by atoms with E-state index in [4.69, 9.17) is 0 Å². The largest absolute Gasteiger partial charge is 0.359 e. The third-order valence-electron chi connectivity index (χ3n) is 4.37. The maximum Gasteiger partial charge on any atom is 0.267 e. The van der Waals surface area contributed by atoms with Crippen LogP contribution in [0.5, 0.6) is 0 Å². The van der Waals surface area contributed by atoms with Crippen LogP contribution in [-0.4, -0.2) is 16.9 Å². The van der Waals surface area contributed by atoms with Gasteiger partial charge < -0.3 is 10.6 Å². The van der Waals surface area contributed by atoms with Crippen LogP contribution in [0.3, 0.4) is 0 Å². The molecule has 1 aliphatic carbocycles. The Bertz CT molecular complexity index is 738. The number of thiazole rings is 1. The molecule has 1 amide bonds. The number of benzene rings is 1. The zero-order valence-electron chi connectivity index (χ0n) is 14.0. The van der Waals surface area contributed by atoms with E-state index in [0.29, 0.717) is 27.9 Å². The smallest absolute Gasteiger partial charge is 0.267 e. The molecule has 24 heavy (non-hydrogen) atoms. The molecule has 3 rings (SSSR count). The molecule has 128 valence electrons. The van der Waals surface area contributed by atoms with E-state index in [1.165, 1.54) is 36.7 Å². The SMILES string of the molecule is Cc1ccc(NC(=O)c2sc(NC3CCCCC3)nc2C)cc1F. The predicted molar refractivity (Wildman–Crippen MR) is 96.4 cm³/mol. The van der Waals surface area contributed by atoms with Gasteiger partial charge in [0.2, 0.25) is 0 Å². The van der Waals surface area contributed by atoms with Gasteiger partial charge in [0.1, 0.15) is 10.7 Å². The van der Waals surface area contributed by atoms with Crippen LogP contribution >= 0.6 is 11.3 Å². The van der Waals surface area contributed by atoms with E-state index in [-0.39, 0.29) is 11.7 Å². The van der Waals surface area contributed by atoms with Gasteiger partial charge in [0.25, 0.3) is 5.91 Å². The molecule has 6 heteroatoms. The zero-order chi connectivity index (χ0) is 17.1. The second kappa shape index (κ2) is 7.30. The highest BCUT2D eigenvalue weighted by Crippen LogP contribution is 2.27. The van der Waals surface area contributed by atoms with Gasteiger partial charge in [-0.25, -0.2) is 9.37 Å². The Morgan fingerprint density at radius 1 is 1.25 bits per heavy atom. The third kappa shape index (κ3) is 3.93. The van der Waals surface area contributed by atoms with E-state index in [9.17, 15) is 9.18 Å². The topological polar surface area (TPSA) is 54.0 Å². The lowest BCUT2D eigenvalue weighted by Crippen LogP contribution is -2.21. The van der Waals surface area contributed by atoms with Gasteiger partial charge in [-0.15, -0.1) is 0 Å². The first-order chi connectivity index (χ1) is 11.5. The first kappa shape index (κ1) is 16.9. The van der Waals surface area contributed by atoms with E-state index in [0.717, 1.165) is 18.0 Å². The van der Waals surface area contributed by atoms with Gasteiger partial charge in [0.05, 0.1) is 5.69 Å². The number of hydrogen-bond acceptors (Lipinski definition) is 4. The quantitative estimate of drug-likeness (QED) is 0.827. The number of halogens is 1. The number of nitrogens with zero attached hydrogens (tertiary/aromatic N) is 1. The van der Waals surface area contributed by atoms with Crippen molar-refractivity contribution in [3.05, 3.63) is 40.2 Å². The van der Waals surface area contributed by atoms with E-state index in [2.05, 4.69) is 15.6 Å². The highest BCUT2D eigenvalue weighted by molar-refractivity contribution is 7.17. The maximum absolute atomic E-state index is 13.6. The van der Waals surface area contributed by atoms with Gasteiger partial charge in [0, 0.05) is 11.7 Å². The molecule has 4 nitrogen and oxygen atoms in total. The van der Waals surface area contributed by atoms with Crippen molar-refractivity contribution in [2.75, 3.05) is 10.6 Å². The Morgan fingerprint density at radius 3 is 2.71 bits per heavy atom. The lowest BCUT2D eigenvalue weighted by atomic mass is 9.96. The molecule has 0 unspecified atom stereocenters. The summed E-state index contributed by atoms with van der Waals surface area (Å²) in [4.78, 5) is 17.5. The van der Waals surface area contributed by atoms with E-state index in [1.807, 2.05) is 6.92 Å². The Hall–Kier alpha value is -1.95. The van der Waals surface area contributed by atoms with Gasteiger partial charge in [-0.05, 0) is 44.4 Å². The zero-order valence-corrected chi connectivity index (χ0v) is 14.8. The molecular weight excluding hydrogens is 325 g/mol. The standard InChI is InChI=1S/C18H22FN3OS/c1-11-8-9-14(10-15(11)19)21-17(23)16-12(2)20-18(24-16)22-13-6-4-3-5-7-13/h8-10,13H,3-7H2,1-2H3,(H,20,22)(H,21,23). The molecule has 0 radical (unpaired) electrons. The van der Waals surface area contributed by atoms with Crippen molar-refractivity contribution in [2.24, 2.45) is 0 Å². The van der Waals surface area contributed by atoms with Gasteiger partial charge in [-0.2, -0.15) is 0 Å². The van der Waals surface area contributed by atoms with Crippen molar-refractivity contribution >= 4 is 28.1 Å². The summed E-state index contributed by atoms with van der Waals surface area (Å²) < 4.78 is 13.6. The van der Waals surface area contributed by atoms with E-state index >= 15 is 0 Å². The van der Waals surface area contributed by atoms with E-state index in [1.54, 1.807) is 19.1 Å². The molecule has 1 aromatic heterocycles. The summed E-state index contributed by atoms with van der Waals surface area (Å²) in [5, 5.41) is 6.98. The number of amides is 1. The number of hydrogen-bond donors (Lipinski definition) is 2. The first-order valence-electron chi connectivity index (χ1n) is 8.34. The molecule has 1 aliphatic rings. The molecule has 1 saturated carbocycles. The van der Waals surface area contributed by atoms with Crippen LogP contribution in [0.25, 0.3) is 0 Å². The minimum Gasteiger partial charge on any atom is -0.359 e. The number of anilines is 2. The van der Waals surface area contributed by atoms with Crippen LogP contribution in [-0.2, 0) is 0 Å². The number of aromatic nitrogens is 1. The maximum atomic E-state index is 13.6. The minimum atomic E-state index is -0.325. The summed E-state index contributed by atoms with van der Waals surface area (Å²) in [5.41, 5.74) is 1.71. The summed E-state index contributed by atoms with van der Waals surface area (Å²) in [6.07, 6.45) is 6.10. The van der Waals surface area contributed by atoms with Crippen LogP contribution in [0.15, 0.2) is 18.2 Å². The van der Waals surface area contributed by atoms with E-state index < -0.39 is 0 Å². The number of nitrogens with one attached hydrogen (secondary N) is 2. The average Bonchev–Trinajstić information content (AvgIpc) is 2.92. The lowest BCUT2D eigenvalue weighted by Gasteiger charge is -2.22. The molecule has 0 atom stereocenters. The van der Waals surface area contributed by atoms with Crippen LogP contribution in [0.1, 0.15) is 53.0 Å². The van der Waals surface area contributed by atoms with Crippen molar-refractivity contribution in [1.82, 2.24) is 4.98 Å². The van der Waals surface area contributed by atoms with Crippen molar-refractivity contribution in [2.45, 2.75) is 52.0 Å². The first-order valence-corrected chi connectivity index (χ1v) is 9.16. The van der Waals surface area contributed by atoms with Crippen molar-refractivity contribution in [3.63, 3.8) is 0 Å². The molecule has 0 saturated heterocycles. The average molecular weight is 347 g/mol. The minimum absolute atomic E-state index is 0.245. The number of aryl methyl sites for hydroxylation is 2. The molecule has 0 aliphatic heterocycles. The summed E-state index contributed by atoms with van der Waals surface area (Å²) >= 11 is 1.36. The Balaban J connectivity index is 1.69. The molecule has 2 N–H and O–H groups in total. The molecule has 0 spiro atoms. The second-order valence-corrected chi connectivity index (χ2v) is 7.33. The van der Waals surface area contributed by atoms with Crippen molar-refractivity contribution in [3.8, 4) is 0 Å². The Labute approximate surface area is 145 Å². The molecule has 2 aromatic rings. The highest BCUT2D eigenvalue weighted by atomic mass is 32.1. The van der Waals surface area contributed by atoms with Crippen LogP contribution in [0.4, 0.5) is 15.2 Å². The van der Waals surface area contributed by atoms with Crippen molar-refractivity contribution in [1.29, 1.82) is 0 Å². The Morgan fingerprint density at radius 2 is 2.00 bits per heavy atom. The summed E-state index contributed by atoms with van der Waals surface area (Å²) in [6, 6.07) is 5.14. The fraction of sp³-hybridized carbons (Fsp3) is 0.444. The van der Waals surface area contributed by atoms with Crippen molar-refractivity contribution < 1.29 is 9.18 Å². The van der Waals surface area contributed by atoms with Gasteiger partial charge in [0.15, 0.2) is 5.13 Å². The fourth-order valence-corrected chi connectivity index (χ4v) is 3.89. The summed E-state index contributed by atoms with van der Waals surface area (Å²) in [7, 11) is 0. The normalized spacial score (nSPS) is 15.3. The molecule has 0 bridgehead atoms.